The zero-order valence-electron chi connectivity index (χ0n) is 23.1. The monoisotopic (exact) mass is 617 g/mol. The fourth-order valence-electron chi connectivity index (χ4n) is 4.60. The second kappa shape index (κ2) is 12.0. The number of halogens is 6. The molecule has 0 aliphatic carbocycles. The average Bonchev–Trinajstić information content (AvgIpc) is 2.99. The van der Waals surface area contributed by atoms with Crippen molar-refractivity contribution in [2.24, 2.45) is 5.73 Å². The Morgan fingerprint density at radius 1 is 0.932 bits per heavy atom. The minimum atomic E-state index is -5.08. The van der Waals surface area contributed by atoms with Gasteiger partial charge >= 0.3 is 18.1 Å². The molecule has 0 aromatic heterocycles. The van der Waals surface area contributed by atoms with Gasteiger partial charge in [-0.25, -0.2) is 22.8 Å². The summed E-state index contributed by atoms with van der Waals surface area (Å²) in [6, 6.07) is 11.4. The predicted octanol–water partition coefficient (Wildman–Crippen LogP) is 6.12. The number of nitrogens with zero attached hydrogens (tertiary/aromatic N) is 2. The fourth-order valence-corrected chi connectivity index (χ4v) is 4.60. The number of nitrogens with two attached hydrogens (primary N) is 1. The number of rotatable bonds is 6. The molecule has 1 aliphatic heterocycles. The van der Waals surface area contributed by atoms with Crippen molar-refractivity contribution in [3.63, 3.8) is 0 Å². The van der Waals surface area contributed by atoms with Gasteiger partial charge in [-0.05, 0) is 36.2 Å². The molecule has 1 aliphatic rings. The van der Waals surface area contributed by atoms with Gasteiger partial charge < -0.3 is 19.9 Å². The highest BCUT2D eigenvalue weighted by Gasteiger charge is 2.44. The first-order chi connectivity index (χ1) is 20.7. The lowest BCUT2D eigenvalue weighted by Crippen LogP contribution is -2.41. The summed E-state index contributed by atoms with van der Waals surface area (Å²) in [7, 11) is 1.96. The van der Waals surface area contributed by atoms with Gasteiger partial charge in [-0.15, -0.1) is 0 Å². The summed E-state index contributed by atoms with van der Waals surface area (Å²) in [4.78, 5) is 27.3. The number of anilines is 1. The number of esters is 2. The summed E-state index contributed by atoms with van der Waals surface area (Å²) >= 11 is 0. The summed E-state index contributed by atoms with van der Waals surface area (Å²) < 4.78 is 99.2. The number of hydrogen-bond donors (Lipinski definition) is 1. The molecular weight excluding hydrogens is 596 g/mol. The number of hydrogen-bond acceptors (Lipinski definition) is 8. The minimum absolute atomic E-state index is 0.00297. The Hall–Kier alpha value is -5.45. The third-order valence-electron chi connectivity index (χ3n) is 6.63. The normalized spacial score (nSPS) is 15.2. The highest BCUT2D eigenvalue weighted by atomic mass is 19.4. The quantitative estimate of drug-likeness (QED) is 0.260. The van der Waals surface area contributed by atoms with Crippen LogP contribution in [0.15, 0.2) is 77.3 Å². The molecule has 3 aromatic rings. The molecule has 0 saturated heterocycles. The largest absolute Gasteiger partial charge is 0.466 e. The molecule has 2 N–H and O–H groups in total. The summed E-state index contributed by atoms with van der Waals surface area (Å²) in [6.45, 7) is 1.24. The van der Waals surface area contributed by atoms with Gasteiger partial charge in [-0.1, -0.05) is 30.3 Å². The topological polar surface area (TPSA) is 115 Å². The maximum atomic E-state index is 15.1. The molecule has 1 heterocycles. The number of carbonyl (C=O) groups is 2. The Morgan fingerprint density at radius 2 is 1.52 bits per heavy atom. The Labute approximate surface area is 246 Å². The van der Waals surface area contributed by atoms with Crippen molar-refractivity contribution in [3.05, 3.63) is 111 Å². The highest BCUT2D eigenvalue weighted by molar-refractivity contribution is 6.06. The van der Waals surface area contributed by atoms with Crippen LogP contribution in [0.2, 0.25) is 0 Å². The van der Waals surface area contributed by atoms with E-state index in [-0.39, 0.29) is 23.3 Å². The van der Waals surface area contributed by atoms with Crippen LogP contribution in [0, 0.1) is 35.7 Å². The van der Waals surface area contributed by atoms with Gasteiger partial charge in [0.25, 0.3) is 0 Å². The molecule has 4 rings (SSSR count). The minimum Gasteiger partial charge on any atom is -0.466 e. The lowest BCUT2D eigenvalue weighted by atomic mass is 9.81. The summed E-state index contributed by atoms with van der Waals surface area (Å²) in [6.07, 6.45) is -5.08. The first kappa shape index (κ1) is 31.5. The van der Waals surface area contributed by atoms with Crippen molar-refractivity contribution in [3.8, 4) is 17.6 Å². The third-order valence-corrected chi connectivity index (χ3v) is 6.63. The number of alkyl halides is 3. The van der Waals surface area contributed by atoms with Crippen LogP contribution in [0.1, 0.15) is 22.6 Å². The number of nitriles is 1. The molecular formula is C30H21F6N3O5. The molecule has 1 atom stereocenters. The smallest absolute Gasteiger partial charge is 0.416 e. The maximum Gasteiger partial charge on any atom is 0.416 e. The summed E-state index contributed by atoms with van der Waals surface area (Å²) in [5.41, 5.74) is 2.93. The van der Waals surface area contributed by atoms with Crippen LogP contribution in [0.3, 0.4) is 0 Å². The molecule has 0 radical (unpaired) electrons. The Balaban J connectivity index is 2.05. The average molecular weight is 618 g/mol. The molecule has 0 amide bonds. The molecule has 14 heteroatoms. The third kappa shape index (κ3) is 5.63. The van der Waals surface area contributed by atoms with E-state index in [9.17, 15) is 36.8 Å². The molecule has 3 aromatic carbocycles. The van der Waals surface area contributed by atoms with Crippen molar-refractivity contribution in [2.75, 3.05) is 19.1 Å². The summed E-state index contributed by atoms with van der Waals surface area (Å²) in [5.74, 6) is -10.5. The van der Waals surface area contributed by atoms with Crippen molar-refractivity contribution >= 4 is 17.6 Å². The van der Waals surface area contributed by atoms with Gasteiger partial charge in [0.05, 0.1) is 48.6 Å². The number of benzene rings is 3. The van der Waals surface area contributed by atoms with Crippen molar-refractivity contribution < 1.29 is 50.1 Å². The van der Waals surface area contributed by atoms with E-state index in [1.807, 2.05) is 6.07 Å². The van der Waals surface area contributed by atoms with E-state index in [0.717, 1.165) is 26.4 Å². The van der Waals surface area contributed by atoms with Crippen LogP contribution in [-0.4, -0.2) is 26.2 Å². The molecule has 0 fully saturated rings. The van der Waals surface area contributed by atoms with Gasteiger partial charge in [0.15, 0.2) is 23.1 Å². The van der Waals surface area contributed by atoms with Crippen LogP contribution < -0.4 is 15.4 Å². The van der Waals surface area contributed by atoms with E-state index in [4.69, 9.17) is 19.9 Å². The second-order valence-electron chi connectivity index (χ2n) is 9.27. The molecule has 0 saturated carbocycles. The van der Waals surface area contributed by atoms with E-state index >= 15 is 4.39 Å². The lowest BCUT2D eigenvalue weighted by molar-refractivity contribution is -0.139. The second-order valence-corrected chi connectivity index (χ2v) is 9.27. The van der Waals surface area contributed by atoms with Gasteiger partial charge in [-0.2, -0.15) is 18.4 Å². The Bertz CT molecular complexity index is 1740. The first-order valence-electron chi connectivity index (χ1n) is 12.4. The molecule has 0 spiro atoms. The van der Waals surface area contributed by atoms with Crippen LogP contribution in [0.4, 0.5) is 32.0 Å². The molecule has 1 unspecified atom stereocenters. The number of aryl methyl sites for hydroxylation is 1. The predicted molar refractivity (Wildman–Crippen MR) is 142 cm³/mol. The standard InChI is InChI=1S/C30H21F6N3O5/c1-14-9-22(44-26-19(32)10-16(11-20(26)33)30(34,35)36)21(12-18(14)31)39-25(29(41)43-3)24(28(40)42-2)23(17(13-37)27(39)38)15-7-5-4-6-8-15/h4-12,23H,38H2,1-3H3. The van der Waals surface area contributed by atoms with E-state index in [2.05, 4.69) is 0 Å². The SMILES string of the molecule is COC(=O)C1=C(C(=O)OC)N(c2cc(F)c(C)cc2Oc2c(F)cc(C(F)(F)F)cc2F)C(N)=C(C#N)C1c1ccccc1. The van der Waals surface area contributed by atoms with Crippen LogP contribution in [0.5, 0.6) is 11.5 Å². The van der Waals surface area contributed by atoms with Crippen LogP contribution in [0.25, 0.3) is 0 Å². The van der Waals surface area contributed by atoms with Crippen molar-refractivity contribution in [2.45, 2.75) is 19.0 Å². The number of carbonyl (C=O) groups excluding carboxylic acids is 2. The van der Waals surface area contributed by atoms with E-state index in [1.165, 1.54) is 6.92 Å². The van der Waals surface area contributed by atoms with Crippen LogP contribution >= 0.6 is 0 Å². The van der Waals surface area contributed by atoms with Gasteiger partial charge in [0, 0.05) is 6.07 Å². The van der Waals surface area contributed by atoms with E-state index < -0.39 is 81.3 Å². The Morgan fingerprint density at radius 3 is 2.05 bits per heavy atom. The van der Waals surface area contributed by atoms with Crippen LogP contribution in [-0.2, 0) is 25.2 Å². The highest BCUT2D eigenvalue weighted by Crippen LogP contribution is 2.47. The van der Waals surface area contributed by atoms with Gasteiger partial charge in [-0.3, -0.25) is 4.90 Å². The molecule has 8 nitrogen and oxygen atoms in total. The molecule has 44 heavy (non-hydrogen) atoms. The number of allylic oxidation sites excluding steroid dienone is 1. The summed E-state index contributed by atoms with van der Waals surface area (Å²) in [5, 5.41) is 10.2. The number of methoxy groups -OCH3 is 2. The van der Waals surface area contributed by atoms with Gasteiger partial charge in [0.1, 0.15) is 17.3 Å². The molecule has 228 valence electrons. The number of ether oxygens (including phenoxy) is 3. The van der Waals surface area contributed by atoms with Gasteiger partial charge in [0.2, 0.25) is 0 Å². The first-order valence-corrected chi connectivity index (χ1v) is 12.4. The zero-order valence-corrected chi connectivity index (χ0v) is 23.1. The molecule has 0 bridgehead atoms. The zero-order chi connectivity index (χ0) is 32.5. The van der Waals surface area contributed by atoms with E-state index in [1.54, 1.807) is 30.3 Å². The van der Waals surface area contributed by atoms with Crippen molar-refractivity contribution in [1.29, 1.82) is 5.26 Å². The Kier molecular flexibility index (Phi) is 8.61. The maximum absolute atomic E-state index is 15.1. The fraction of sp³-hybridized carbons (Fsp3) is 0.167. The van der Waals surface area contributed by atoms with Crippen molar-refractivity contribution in [1.82, 2.24) is 0 Å². The lowest BCUT2D eigenvalue weighted by Gasteiger charge is -2.36. The van der Waals surface area contributed by atoms with E-state index in [0.29, 0.717) is 10.5 Å².